The molecule has 4 aromatic rings. The second kappa shape index (κ2) is 14.8. The molecule has 1 aromatic heterocycles. The highest BCUT2D eigenvalue weighted by molar-refractivity contribution is 6.08. The number of aliphatic hydroxyl groups is 1. The molecule has 3 aromatic carbocycles. The van der Waals surface area contributed by atoms with Crippen molar-refractivity contribution in [2.75, 3.05) is 27.9 Å². The Kier molecular flexibility index (Phi) is 10.6. The summed E-state index contributed by atoms with van der Waals surface area (Å²) in [5, 5.41) is 22.5. The van der Waals surface area contributed by atoms with Crippen molar-refractivity contribution < 1.29 is 37.5 Å². The topological polar surface area (TPSA) is 174 Å². The summed E-state index contributed by atoms with van der Waals surface area (Å²) in [7, 11) is 0. The molecule has 0 radical (unpaired) electrons. The van der Waals surface area contributed by atoms with Gasteiger partial charge in [-0.15, -0.1) is 0 Å². The van der Waals surface area contributed by atoms with Crippen molar-refractivity contribution >= 4 is 52.3 Å². The Bertz CT molecular complexity index is 1810. The fourth-order valence-corrected chi connectivity index (χ4v) is 4.10. The number of alkyl halides is 3. The van der Waals surface area contributed by atoms with E-state index in [1.54, 1.807) is 37.3 Å². The number of rotatable bonds is 11. The van der Waals surface area contributed by atoms with E-state index in [1.165, 1.54) is 30.6 Å². The molecule has 0 spiro atoms. The number of aliphatic hydroxyl groups excluding tert-OH is 1. The van der Waals surface area contributed by atoms with Gasteiger partial charge in [-0.1, -0.05) is 24.8 Å². The summed E-state index contributed by atoms with van der Waals surface area (Å²) in [6.07, 6.45) is -0.927. The van der Waals surface area contributed by atoms with Crippen molar-refractivity contribution in [1.82, 2.24) is 15.3 Å². The summed E-state index contributed by atoms with van der Waals surface area (Å²) in [6, 6.07) is 13.8. The van der Waals surface area contributed by atoms with Crippen molar-refractivity contribution in [3.05, 3.63) is 114 Å². The van der Waals surface area contributed by atoms with Gasteiger partial charge in [0.15, 0.2) is 0 Å². The minimum absolute atomic E-state index is 0.161. The van der Waals surface area contributed by atoms with Gasteiger partial charge in [-0.05, 0) is 67.1 Å². The number of anilines is 5. The average molecular weight is 648 g/mol. The summed E-state index contributed by atoms with van der Waals surface area (Å²) < 4.78 is 39.1. The highest BCUT2D eigenvalue weighted by atomic mass is 19.4. The van der Waals surface area contributed by atoms with Crippen LogP contribution in [-0.4, -0.2) is 51.4 Å². The zero-order chi connectivity index (χ0) is 34.1. The number of carbonyl (C=O) groups excluding carboxylic acids is 4. The largest absolute Gasteiger partial charge is 0.416 e. The first kappa shape index (κ1) is 33.8. The van der Waals surface area contributed by atoms with Crippen molar-refractivity contribution in [2.45, 2.75) is 19.1 Å². The van der Waals surface area contributed by atoms with Crippen LogP contribution in [0.2, 0.25) is 0 Å². The monoisotopic (exact) mass is 647 g/mol. The molecule has 0 unspecified atom stereocenters. The Morgan fingerprint density at radius 1 is 0.851 bits per heavy atom. The predicted molar refractivity (Wildman–Crippen MR) is 168 cm³/mol. The van der Waals surface area contributed by atoms with E-state index in [1.807, 2.05) is 0 Å². The number of aryl methyl sites for hydroxylation is 1. The van der Waals surface area contributed by atoms with E-state index in [0.717, 1.165) is 24.3 Å². The van der Waals surface area contributed by atoms with Crippen LogP contribution in [0, 0.1) is 6.92 Å². The molecule has 1 heterocycles. The molecule has 0 aliphatic rings. The first-order valence-corrected chi connectivity index (χ1v) is 13.8. The summed E-state index contributed by atoms with van der Waals surface area (Å²) in [5.74, 6) is -2.42. The molecule has 0 bridgehead atoms. The third-order valence-corrected chi connectivity index (χ3v) is 6.49. The van der Waals surface area contributed by atoms with E-state index in [4.69, 9.17) is 0 Å². The Morgan fingerprint density at radius 3 is 2.19 bits per heavy atom. The van der Waals surface area contributed by atoms with E-state index in [2.05, 4.69) is 43.1 Å². The molecule has 47 heavy (non-hydrogen) atoms. The molecule has 0 aliphatic heterocycles. The van der Waals surface area contributed by atoms with Gasteiger partial charge < -0.3 is 31.7 Å². The lowest BCUT2D eigenvalue weighted by atomic mass is 10.1. The van der Waals surface area contributed by atoms with Crippen molar-refractivity contribution in [1.29, 1.82) is 0 Å². The van der Waals surface area contributed by atoms with Gasteiger partial charge in [-0.2, -0.15) is 13.2 Å². The zero-order valence-corrected chi connectivity index (χ0v) is 24.7. The molecule has 6 N–H and O–H groups in total. The van der Waals surface area contributed by atoms with Gasteiger partial charge in [0.25, 0.3) is 11.8 Å². The van der Waals surface area contributed by atoms with Gasteiger partial charge in [0.1, 0.15) is 6.04 Å². The molecule has 1 atom stereocenters. The van der Waals surface area contributed by atoms with Crippen LogP contribution in [0.1, 0.15) is 31.8 Å². The van der Waals surface area contributed by atoms with Crippen molar-refractivity contribution in [2.24, 2.45) is 0 Å². The summed E-state index contributed by atoms with van der Waals surface area (Å²) >= 11 is 0. The molecular formula is C32H28F3N7O5. The molecule has 242 valence electrons. The van der Waals surface area contributed by atoms with Crippen molar-refractivity contribution in [3.63, 3.8) is 0 Å². The first-order valence-electron chi connectivity index (χ1n) is 13.8. The minimum atomic E-state index is -4.60. The highest BCUT2D eigenvalue weighted by Gasteiger charge is 2.31. The minimum Gasteiger partial charge on any atom is -0.394 e. The second-order valence-electron chi connectivity index (χ2n) is 9.95. The maximum Gasteiger partial charge on any atom is 0.416 e. The Balaban J connectivity index is 1.38. The Hall–Kier alpha value is -6.09. The zero-order valence-electron chi connectivity index (χ0n) is 24.7. The standard InChI is InChI=1S/C32H28F3N7O5/c1-3-27(44)42-26(17-43)30(47)39-21-8-5-9-22(13-21)41-31-36-15-24(16-37-31)40-29(46)25-14-23(11-10-18(25)2)38-28(45)19-6-4-7-20(12-19)32(33,34)35/h3-16,26,43H,1,17H2,2H3,(H,38,45)(H,39,47)(H,40,46)(H,42,44)(H,36,37,41)/t26-/m0/s1. The molecule has 0 saturated heterocycles. The molecule has 0 aliphatic carbocycles. The van der Waals surface area contributed by atoms with Gasteiger partial charge in [0.2, 0.25) is 17.8 Å². The summed E-state index contributed by atoms with van der Waals surface area (Å²) in [6.45, 7) is 4.36. The van der Waals surface area contributed by atoms with Crippen LogP contribution in [0.4, 0.5) is 41.9 Å². The van der Waals surface area contributed by atoms with Crippen LogP contribution in [0.25, 0.3) is 0 Å². The third-order valence-electron chi connectivity index (χ3n) is 6.49. The van der Waals surface area contributed by atoms with Gasteiger partial charge in [0, 0.05) is 28.2 Å². The molecular weight excluding hydrogens is 619 g/mol. The van der Waals surface area contributed by atoms with Gasteiger partial charge in [-0.25, -0.2) is 9.97 Å². The molecule has 0 saturated carbocycles. The van der Waals surface area contributed by atoms with E-state index in [9.17, 15) is 37.5 Å². The number of carbonyl (C=O) groups is 4. The van der Waals surface area contributed by atoms with E-state index in [-0.39, 0.29) is 28.5 Å². The van der Waals surface area contributed by atoms with Crippen LogP contribution >= 0.6 is 0 Å². The summed E-state index contributed by atoms with van der Waals surface area (Å²) in [4.78, 5) is 57.9. The molecule has 0 fully saturated rings. The predicted octanol–water partition coefficient (Wildman–Crippen LogP) is 4.65. The molecule has 4 rings (SSSR count). The molecule has 4 amide bonds. The first-order chi connectivity index (χ1) is 22.4. The number of hydrogen-bond acceptors (Lipinski definition) is 8. The quantitative estimate of drug-likeness (QED) is 0.128. The van der Waals surface area contributed by atoms with E-state index < -0.39 is 48.0 Å². The molecule has 12 nitrogen and oxygen atoms in total. The lowest BCUT2D eigenvalue weighted by molar-refractivity contribution is -0.137. The van der Waals surface area contributed by atoms with Crippen LogP contribution in [0.5, 0.6) is 0 Å². The normalized spacial score (nSPS) is 11.5. The van der Waals surface area contributed by atoms with Gasteiger partial charge >= 0.3 is 6.18 Å². The van der Waals surface area contributed by atoms with Crippen LogP contribution in [0.15, 0.2) is 91.8 Å². The number of nitrogens with zero attached hydrogens (tertiary/aromatic N) is 2. The van der Waals surface area contributed by atoms with Gasteiger partial charge in [-0.3, -0.25) is 19.2 Å². The van der Waals surface area contributed by atoms with Gasteiger partial charge in [0.05, 0.1) is 30.3 Å². The summed E-state index contributed by atoms with van der Waals surface area (Å²) in [5.41, 5.74) is 0.910. The van der Waals surface area contributed by atoms with Crippen LogP contribution < -0.4 is 26.6 Å². The number of hydrogen-bond donors (Lipinski definition) is 6. The Morgan fingerprint density at radius 2 is 1.51 bits per heavy atom. The lowest BCUT2D eigenvalue weighted by Crippen LogP contribution is -2.45. The number of amides is 4. The smallest absolute Gasteiger partial charge is 0.394 e. The maximum absolute atomic E-state index is 13.0. The highest BCUT2D eigenvalue weighted by Crippen LogP contribution is 2.30. The third kappa shape index (κ3) is 9.21. The number of nitrogens with one attached hydrogen (secondary N) is 5. The number of aromatic nitrogens is 2. The van der Waals surface area contributed by atoms with E-state index >= 15 is 0 Å². The lowest BCUT2D eigenvalue weighted by Gasteiger charge is -2.15. The fourth-order valence-electron chi connectivity index (χ4n) is 4.10. The number of benzene rings is 3. The SMILES string of the molecule is C=CC(=O)N[C@@H](CO)C(=O)Nc1cccc(Nc2ncc(NC(=O)c3cc(NC(=O)c4cccc(C(F)(F)F)c4)ccc3C)cn2)c1. The number of halogens is 3. The van der Waals surface area contributed by atoms with E-state index in [0.29, 0.717) is 16.9 Å². The second-order valence-corrected chi connectivity index (χ2v) is 9.95. The average Bonchev–Trinajstić information content (AvgIpc) is 3.05. The van der Waals surface area contributed by atoms with Crippen LogP contribution in [-0.2, 0) is 15.8 Å². The fraction of sp³-hybridized carbons (Fsp3) is 0.125. The van der Waals surface area contributed by atoms with Crippen LogP contribution in [0.3, 0.4) is 0 Å². The maximum atomic E-state index is 13.0. The Labute approximate surface area is 266 Å². The molecule has 15 heteroatoms. The van der Waals surface area contributed by atoms with Crippen molar-refractivity contribution in [3.8, 4) is 0 Å².